The average Bonchev–Trinajstić information content (AvgIpc) is 2.18. The van der Waals surface area contributed by atoms with Crippen molar-refractivity contribution in [2.45, 2.75) is 6.42 Å². The normalized spacial score (nSPS) is 9.43. The van der Waals surface area contributed by atoms with Crippen molar-refractivity contribution in [1.82, 2.24) is 0 Å². The van der Waals surface area contributed by atoms with E-state index in [1.165, 1.54) is 0 Å². The minimum atomic E-state index is -1.33. The highest BCUT2D eigenvalue weighted by atomic mass is 32.1. The molecule has 14 heavy (non-hydrogen) atoms. The summed E-state index contributed by atoms with van der Waals surface area (Å²) in [6.07, 6.45) is 0.0476. The van der Waals surface area contributed by atoms with Gasteiger partial charge < -0.3 is 5.11 Å². The second-order valence-corrected chi connectivity index (χ2v) is 3.13. The van der Waals surface area contributed by atoms with Crippen LogP contribution in [0.4, 0.5) is 0 Å². The Morgan fingerprint density at radius 1 is 1.21 bits per heavy atom. The fraction of sp³-hybridized carbons (Fsp3) is 0.100. The number of rotatable bonds is 4. The predicted molar refractivity (Wildman–Crippen MR) is 55.4 cm³/mol. The third-order valence-electron chi connectivity index (χ3n) is 1.66. The molecule has 0 aliphatic carbocycles. The molecule has 1 aromatic carbocycles. The van der Waals surface area contributed by atoms with Crippen molar-refractivity contribution in [3.05, 3.63) is 35.9 Å². The summed E-state index contributed by atoms with van der Waals surface area (Å²) in [6, 6.07) is 8.90. The predicted octanol–water partition coefficient (Wildman–Crippen LogP) is 1.25. The molecule has 4 heteroatoms. The van der Waals surface area contributed by atoms with Crippen LogP contribution < -0.4 is 0 Å². The van der Waals surface area contributed by atoms with Gasteiger partial charge in [0.25, 0.3) is 0 Å². The molecule has 0 saturated heterocycles. The van der Waals surface area contributed by atoms with Gasteiger partial charge in [-0.1, -0.05) is 42.5 Å². The number of carboxylic acid groups (broad SMARTS) is 1. The van der Waals surface area contributed by atoms with E-state index in [2.05, 4.69) is 12.2 Å². The van der Waals surface area contributed by atoms with E-state index in [9.17, 15) is 9.59 Å². The summed E-state index contributed by atoms with van der Waals surface area (Å²) in [5.74, 6) is -1.86. The van der Waals surface area contributed by atoms with Crippen molar-refractivity contribution < 1.29 is 14.7 Å². The Morgan fingerprint density at radius 3 is 2.29 bits per heavy atom. The van der Waals surface area contributed by atoms with Crippen LogP contribution in [0.15, 0.2) is 30.3 Å². The van der Waals surface area contributed by atoms with Crippen LogP contribution in [0.25, 0.3) is 0 Å². The monoisotopic (exact) mass is 208 g/mol. The smallest absolute Gasteiger partial charge is 0.350 e. The zero-order valence-corrected chi connectivity index (χ0v) is 8.08. The maximum atomic E-state index is 11.2. The Hall–Kier alpha value is -1.55. The van der Waals surface area contributed by atoms with Crippen molar-refractivity contribution in [1.29, 1.82) is 0 Å². The minimum Gasteiger partial charge on any atom is -0.477 e. The third kappa shape index (κ3) is 2.74. The maximum Gasteiger partial charge on any atom is 0.350 e. The highest BCUT2D eigenvalue weighted by Crippen LogP contribution is 2.01. The van der Waals surface area contributed by atoms with Crippen molar-refractivity contribution in [2.75, 3.05) is 0 Å². The van der Waals surface area contributed by atoms with Gasteiger partial charge in [0.2, 0.25) is 0 Å². The Labute approximate surface area is 86.4 Å². The van der Waals surface area contributed by atoms with E-state index in [0.29, 0.717) is 0 Å². The highest BCUT2D eigenvalue weighted by Gasteiger charge is 2.16. The van der Waals surface area contributed by atoms with Crippen LogP contribution in [0.5, 0.6) is 0 Å². The third-order valence-corrected chi connectivity index (χ3v) is 2.06. The number of ketones is 1. The molecule has 0 aliphatic heterocycles. The molecule has 0 bridgehead atoms. The van der Waals surface area contributed by atoms with Crippen molar-refractivity contribution in [2.24, 2.45) is 0 Å². The van der Waals surface area contributed by atoms with Gasteiger partial charge in [-0.2, -0.15) is 0 Å². The van der Waals surface area contributed by atoms with E-state index in [1.54, 1.807) is 24.3 Å². The lowest BCUT2D eigenvalue weighted by Gasteiger charge is -1.98. The Morgan fingerprint density at radius 2 is 1.79 bits per heavy atom. The van der Waals surface area contributed by atoms with E-state index >= 15 is 0 Å². The van der Waals surface area contributed by atoms with Crippen LogP contribution in [-0.4, -0.2) is 21.7 Å². The molecule has 72 valence electrons. The Bertz CT molecular complexity index is 370. The molecule has 1 aromatic rings. The van der Waals surface area contributed by atoms with Crippen LogP contribution in [0.1, 0.15) is 5.56 Å². The number of hydrogen-bond donors (Lipinski definition) is 1. The molecule has 1 N–H and O–H groups in total. The van der Waals surface area contributed by atoms with Gasteiger partial charge in [-0.15, -0.1) is 0 Å². The second kappa shape index (κ2) is 4.62. The lowest BCUT2D eigenvalue weighted by atomic mass is 10.1. The van der Waals surface area contributed by atoms with Gasteiger partial charge in [-0.3, -0.25) is 4.79 Å². The summed E-state index contributed by atoms with van der Waals surface area (Å²) in [6.45, 7) is 0. The largest absolute Gasteiger partial charge is 0.477 e. The van der Waals surface area contributed by atoms with E-state index in [4.69, 9.17) is 5.11 Å². The first-order valence-corrected chi connectivity index (χ1v) is 4.36. The molecule has 0 saturated carbocycles. The lowest BCUT2D eigenvalue weighted by Crippen LogP contribution is -2.22. The van der Waals surface area contributed by atoms with E-state index in [1.807, 2.05) is 6.07 Å². The summed E-state index contributed by atoms with van der Waals surface area (Å²) in [7, 11) is 0. The summed E-state index contributed by atoms with van der Waals surface area (Å²) >= 11 is 4.45. The zero-order valence-electron chi connectivity index (χ0n) is 7.27. The average molecular weight is 208 g/mol. The molecular formula is C10H8O3S. The van der Waals surface area contributed by atoms with Crippen molar-refractivity contribution >= 4 is 28.8 Å². The van der Waals surface area contributed by atoms with E-state index < -0.39 is 16.6 Å². The van der Waals surface area contributed by atoms with Crippen LogP contribution >= 0.6 is 12.2 Å². The van der Waals surface area contributed by atoms with Crippen LogP contribution in [0, 0.1) is 0 Å². The number of carboxylic acids is 1. The molecule has 3 nitrogen and oxygen atoms in total. The molecule has 0 heterocycles. The molecule has 0 unspecified atom stereocenters. The molecule has 0 aliphatic rings. The van der Waals surface area contributed by atoms with Gasteiger partial charge in [0, 0.05) is 6.42 Å². The molecule has 0 atom stereocenters. The number of hydrogen-bond acceptors (Lipinski definition) is 3. The van der Waals surface area contributed by atoms with Crippen molar-refractivity contribution in [3.63, 3.8) is 0 Å². The number of Topliss-reactive ketones (excluding diaryl/α,β-unsaturated/α-hetero) is 1. The lowest BCUT2D eigenvalue weighted by molar-refractivity contribution is -0.130. The molecule has 1 rings (SSSR count). The van der Waals surface area contributed by atoms with Gasteiger partial charge in [-0.25, -0.2) is 4.79 Å². The fourth-order valence-corrected chi connectivity index (χ4v) is 1.05. The van der Waals surface area contributed by atoms with Crippen LogP contribution in [-0.2, 0) is 16.0 Å². The molecular weight excluding hydrogens is 200 g/mol. The van der Waals surface area contributed by atoms with Gasteiger partial charge in [-0.05, 0) is 5.56 Å². The molecule has 0 radical (unpaired) electrons. The zero-order chi connectivity index (χ0) is 10.6. The first-order chi connectivity index (χ1) is 6.61. The number of carbonyl (C=O) groups excluding carboxylic acids is 1. The van der Waals surface area contributed by atoms with Crippen LogP contribution in [0.3, 0.4) is 0 Å². The fourth-order valence-electron chi connectivity index (χ4n) is 0.981. The van der Waals surface area contributed by atoms with Gasteiger partial charge in [0.1, 0.15) is 0 Å². The SMILES string of the molecule is O=C(O)C(=S)C(=O)Cc1ccccc1. The molecule has 0 aromatic heterocycles. The highest BCUT2D eigenvalue weighted by molar-refractivity contribution is 7.83. The second-order valence-electron chi connectivity index (χ2n) is 2.72. The van der Waals surface area contributed by atoms with E-state index in [0.717, 1.165) is 5.56 Å². The van der Waals surface area contributed by atoms with Gasteiger partial charge >= 0.3 is 5.97 Å². The minimum absolute atomic E-state index is 0.0476. The topological polar surface area (TPSA) is 54.4 Å². The van der Waals surface area contributed by atoms with Gasteiger partial charge in [0.05, 0.1) is 0 Å². The molecule has 0 spiro atoms. The summed E-state index contributed by atoms with van der Waals surface area (Å²) < 4.78 is 0. The maximum absolute atomic E-state index is 11.2. The standard InChI is InChI=1S/C10H8O3S/c11-8(9(14)10(12)13)6-7-4-2-1-3-5-7/h1-5H,6H2,(H,12,13). The van der Waals surface area contributed by atoms with Gasteiger partial charge in [0.15, 0.2) is 10.6 Å². The number of benzene rings is 1. The summed E-state index contributed by atoms with van der Waals surface area (Å²) in [4.78, 5) is 21.1. The first kappa shape index (κ1) is 10.5. The summed E-state index contributed by atoms with van der Waals surface area (Å²) in [5.41, 5.74) is 0.765. The number of thiocarbonyl (C=S) groups is 1. The summed E-state index contributed by atoms with van der Waals surface area (Å²) in [5, 5.41) is 8.47. The quantitative estimate of drug-likeness (QED) is 0.597. The molecule has 0 amide bonds. The molecule has 0 fully saturated rings. The van der Waals surface area contributed by atoms with E-state index in [-0.39, 0.29) is 6.42 Å². The Balaban J connectivity index is 2.67. The first-order valence-electron chi connectivity index (χ1n) is 3.95. The number of carbonyl (C=O) groups is 2. The Kier molecular flexibility index (Phi) is 3.48. The number of aliphatic carboxylic acids is 1. The van der Waals surface area contributed by atoms with Crippen LogP contribution in [0.2, 0.25) is 0 Å². The van der Waals surface area contributed by atoms with Crippen molar-refractivity contribution in [3.8, 4) is 0 Å².